The molecule has 8 heteroatoms. The van der Waals surface area contributed by atoms with Crippen LogP contribution in [0, 0.1) is 0 Å². The molecule has 4 rings (SSSR count). The zero-order chi connectivity index (χ0) is 23.8. The minimum absolute atomic E-state index is 0.103. The van der Waals surface area contributed by atoms with Crippen molar-refractivity contribution in [2.45, 2.75) is 50.7 Å². The van der Waals surface area contributed by atoms with Crippen LogP contribution in [0.2, 0.25) is 0 Å². The van der Waals surface area contributed by atoms with Crippen LogP contribution in [0.3, 0.4) is 0 Å². The Labute approximate surface area is 203 Å². The van der Waals surface area contributed by atoms with E-state index in [1.165, 1.54) is 28.9 Å². The summed E-state index contributed by atoms with van der Waals surface area (Å²) in [6.45, 7) is -0.115. The third-order valence-electron chi connectivity index (χ3n) is 6.00. The summed E-state index contributed by atoms with van der Waals surface area (Å²) >= 11 is 1.31. The second-order valence-corrected chi connectivity index (χ2v) is 9.37. The van der Waals surface area contributed by atoms with E-state index in [-0.39, 0.29) is 36.9 Å². The quantitative estimate of drug-likeness (QED) is 0.479. The Morgan fingerprint density at radius 3 is 2.47 bits per heavy atom. The summed E-state index contributed by atoms with van der Waals surface area (Å²) in [5, 5.41) is 7.67. The van der Waals surface area contributed by atoms with Crippen LogP contribution in [0.15, 0.2) is 70.7 Å². The fourth-order valence-corrected chi connectivity index (χ4v) is 4.92. The minimum atomic E-state index is -0.848. The smallest absolute Gasteiger partial charge is 0.261 e. The normalized spacial score (nSPS) is 14.8. The predicted molar refractivity (Wildman–Crippen MR) is 130 cm³/mol. The number of thiophene rings is 1. The molecule has 7 nitrogen and oxygen atoms in total. The van der Waals surface area contributed by atoms with Crippen LogP contribution in [0.25, 0.3) is 0 Å². The number of amides is 3. The molecule has 0 saturated heterocycles. The van der Waals surface area contributed by atoms with E-state index < -0.39 is 6.04 Å². The lowest BCUT2D eigenvalue weighted by Gasteiger charge is -2.33. The number of nitrogens with zero attached hydrogens (tertiary/aromatic N) is 1. The van der Waals surface area contributed by atoms with Crippen LogP contribution in [0.4, 0.5) is 0 Å². The molecule has 0 aliphatic heterocycles. The van der Waals surface area contributed by atoms with Crippen molar-refractivity contribution >= 4 is 29.1 Å². The standard InChI is InChI=1S/C26H29N3O4S/c30-23(17-27-25(31)22-14-8-16-34-22)29(18-21-13-7-15-33-21)24(19-9-3-1-4-10-19)26(32)28-20-11-5-2-6-12-20/h1,3-4,7-10,13-16,20,24H,2,5-6,11-12,17-18H2,(H,27,31)(H,28,32). The van der Waals surface area contributed by atoms with Gasteiger partial charge in [-0.3, -0.25) is 14.4 Å². The molecule has 34 heavy (non-hydrogen) atoms. The third-order valence-corrected chi connectivity index (χ3v) is 6.87. The van der Waals surface area contributed by atoms with Crippen molar-refractivity contribution in [3.05, 3.63) is 82.4 Å². The summed E-state index contributed by atoms with van der Waals surface area (Å²) < 4.78 is 5.50. The highest BCUT2D eigenvalue weighted by molar-refractivity contribution is 7.12. The fourth-order valence-electron chi connectivity index (χ4n) is 4.28. The number of hydrogen-bond acceptors (Lipinski definition) is 5. The van der Waals surface area contributed by atoms with E-state index in [1.807, 2.05) is 30.3 Å². The van der Waals surface area contributed by atoms with Crippen molar-refractivity contribution in [1.82, 2.24) is 15.5 Å². The first kappa shape index (κ1) is 23.8. The molecule has 1 unspecified atom stereocenters. The molecule has 1 saturated carbocycles. The van der Waals surface area contributed by atoms with E-state index in [9.17, 15) is 14.4 Å². The molecule has 178 valence electrons. The Bertz CT molecular complexity index is 1060. The summed E-state index contributed by atoms with van der Waals surface area (Å²) in [4.78, 5) is 41.5. The molecule has 2 aromatic heterocycles. The summed E-state index contributed by atoms with van der Waals surface area (Å²) in [5.74, 6) is -0.343. The number of nitrogens with one attached hydrogen (secondary N) is 2. The molecule has 0 spiro atoms. The summed E-state index contributed by atoms with van der Waals surface area (Å²) in [5.41, 5.74) is 0.709. The number of furan rings is 1. The summed E-state index contributed by atoms with van der Waals surface area (Å²) in [6, 6.07) is 15.5. The third kappa shape index (κ3) is 6.14. The highest BCUT2D eigenvalue weighted by atomic mass is 32.1. The Hall–Kier alpha value is -3.39. The van der Waals surface area contributed by atoms with E-state index in [0.717, 1.165) is 25.7 Å². The average molecular weight is 480 g/mol. The maximum atomic E-state index is 13.6. The molecule has 0 radical (unpaired) electrons. The first-order chi connectivity index (χ1) is 16.6. The van der Waals surface area contributed by atoms with Gasteiger partial charge >= 0.3 is 0 Å². The van der Waals surface area contributed by atoms with E-state index >= 15 is 0 Å². The van der Waals surface area contributed by atoms with Crippen LogP contribution in [0.5, 0.6) is 0 Å². The number of benzene rings is 1. The molecule has 2 heterocycles. The highest BCUT2D eigenvalue weighted by Crippen LogP contribution is 2.26. The first-order valence-corrected chi connectivity index (χ1v) is 12.5. The maximum Gasteiger partial charge on any atom is 0.261 e. The highest BCUT2D eigenvalue weighted by Gasteiger charge is 2.33. The van der Waals surface area contributed by atoms with Gasteiger partial charge in [0.05, 0.1) is 24.2 Å². The lowest BCUT2D eigenvalue weighted by Crippen LogP contribution is -2.49. The zero-order valence-corrected chi connectivity index (χ0v) is 19.8. The van der Waals surface area contributed by atoms with Gasteiger partial charge in [0.1, 0.15) is 11.8 Å². The van der Waals surface area contributed by atoms with E-state index in [0.29, 0.717) is 16.2 Å². The van der Waals surface area contributed by atoms with Gasteiger partial charge in [0.25, 0.3) is 5.91 Å². The molecule has 3 aromatic rings. The van der Waals surface area contributed by atoms with Crippen molar-refractivity contribution in [2.75, 3.05) is 6.54 Å². The van der Waals surface area contributed by atoms with Gasteiger partial charge in [0.15, 0.2) is 0 Å². The molecule has 1 fully saturated rings. The van der Waals surface area contributed by atoms with Crippen molar-refractivity contribution in [3.63, 3.8) is 0 Å². The first-order valence-electron chi connectivity index (χ1n) is 11.6. The van der Waals surface area contributed by atoms with Crippen molar-refractivity contribution in [2.24, 2.45) is 0 Å². The lowest BCUT2D eigenvalue weighted by molar-refractivity contribution is -0.141. The van der Waals surface area contributed by atoms with Gasteiger partial charge in [-0.05, 0) is 42.0 Å². The Balaban J connectivity index is 1.58. The molecule has 1 aromatic carbocycles. The maximum absolute atomic E-state index is 13.6. The van der Waals surface area contributed by atoms with Crippen molar-refractivity contribution < 1.29 is 18.8 Å². The van der Waals surface area contributed by atoms with Gasteiger partial charge in [-0.25, -0.2) is 0 Å². The van der Waals surface area contributed by atoms with Gasteiger partial charge in [-0.1, -0.05) is 55.7 Å². The number of rotatable bonds is 9. The van der Waals surface area contributed by atoms with Crippen molar-refractivity contribution in [1.29, 1.82) is 0 Å². The topological polar surface area (TPSA) is 91.7 Å². The molecular weight excluding hydrogens is 450 g/mol. The van der Waals surface area contributed by atoms with Crippen LogP contribution < -0.4 is 10.6 Å². The molecular formula is C26H29N3O4S. The van der Waals surface area contributed by atoms with Crippen LogP contribution >= 0.6 is 11.3 Å². The Morgan fingerprint density at radius 1 is 1.00 bits per heavy atom. The monoisotopic (exact) mass is 479 g/mol. The molecule has 1 atom stereocenters. The average Bonchev–Trinajstić information content (AvgIpc) is 3.58. The second kappa shape index (κ2) is 11.7. The van der Waals surface area contributed by atoms with Gasteiger partial charge in [-0.15, -0.1) is 11.3 Å². The molecule has 2 N–H and O–H groups in total. The van der Waals surface area contributed by atoms with Gasteiger partial charge in [0.2, 0.25) is 11.8 Å². The minimum Gasteiger partial charge on any atom is -0.467 e. The molecule has 1 aliphatic carbocycles. The summed E-state index contributed by atoms with van der Waals surface area (Å²) in [7, 11) is 0. The van der Waals surface area contributed by atoms with Crippen molar-refractivity contribution in [3.8, 4) is 0 Å². The molecule has 0 bridgehead atoms. The van der Waals surface area contributed by atoms with Gasteiger partial charge in [0, 0.05) is 6.04 Å². The predicted octanol–water partition coefficient (Wildman–Crippen LogP) is 4.29. The fraction of sp³-hybridized carbons (Fsp3) is 0.346. The van der Waals surface area contributed by atoms with Crippen LogP contribution in [-0.2, 0) is 16.1 Å². The Morgan fingerprint density at radius 2 is 1.79 bits per heavy atom. The Kier molecular flexibility index (Phi) is 8.14. The number of carbonyl (C=O) groups excluding carboxylic acids is 3. The second-order valence-electron chi connectivity index (χ2n) is 8.42. The number of hydrogen-bond donors (Lipinski definition) is 2. The molecule has 1 aliphatic rings. The molecule has 3 amide bonds. The SMILES string of the molecule is O=C(NCC(=O)N(Cc1ccco1)C(C(=O)NC1CCCCC1)c1ccccc1)c1cccs1. The van der Waals surface area contributed by atoms with E-state index in [2.05, 4.69) is 10.6 Å². The largest absolute Gasteiger partial charge is 0.467 e. The van der Waals surface area contributed by atoms with Crippen LogP contribution in [-0.4, -0.2) is 35.2 Å². The number of carbonyl (C=O) groups is 3. The lowest BCUT2D eigenvalue weighted by atomic mass is 9.94. The van der Waals surface area contributed by atoms with Gasteiger partial charge in [-0.2, -0.15) is 0 Å². The zero-order valence-electron chi connectivity index (χ0n) is 18.9. The summed E-state index contributed by atoms with van der Waals surface area (Å²) in [6.07, 6.45) is 6.78. The van der Waals surface area contributed by atoms with Crippen LogP contribution in [0.1, 0.15) is 59.1 Å². The van der Waals surface area contributed by atoms with Gasteiger partial charge < -0.3 is 20.0 Å². The van der Waals surface area contributed by atoms with E-state index in [4.69, 9.17) is 4.42 Å². The van der Waals surface area contributed by atoms with E-state index in [1.54, 1.807) is 29.6 Å².